The summed E-state index contributed by atoms with van der Waals surface area (Å²) in [5.74, 6) is 2.34. The topological polar surface area (TPSA) is 37.8 Å². The zero-order valence-corrected chi connectivity index (χ0v) is 10.5. The molecular formula is C14H10F3N3. The minimum atomic E-state index is -4.50. The fraction of sp³-hybridized carbons (Fsp3) is 0.143. The maximum atomic E-state index is 12.5. The summed E-state index contributed by atoms with van der Waals surface area (Å²) in [7, 11) is 0. The molecule has 0 fully saturated rings. The highest BCUT2D eigenvalue weighted by Crippen LogP contribution is 2.28. The van der Waals surface area contributed by atoms with Crippen molar-refractivity contribution in [3.63, 3.8) is 0 Å². The molecule has 2 rings (SSSR count). The molecule has 1 aromatic heterocycles. The Balaban J connectivity index is 2.31. The molecule has 0 saturated heterocycles. The highest BCUT2D eigenvalue weighted by atomic mass is 19.4. The maximum absolute atomic E-state index is 12.5. The predicted molar refractivity (Wildman–Crippen MR) is 69.4 cm³/mol. The molecule has 1 aromatic carbocycles. The summed E-state index contributed by atoms with van der Waals surface area (Å²) in [5.41, 5.74) is 1.05. The first kappa shape index (κ1) is 13.9. The van der Waals surface area contributed by atoms with E-state index in [0.29, 0.717) is 11.3 Å². The third-order valence-electron chi connectivity index (χ3n) is 2.45. The zero-order valence-electron chi connectivity index (χ0n) is 10.5. The number of rotatable bonds is 2. The van der Waals surface area contributed by atoms with Crippen molar-refractivity contribution in [3.05, 3.63) is 47.3 Å². The average Bonchev–Trinajstić information content (AvgIpc) is 2.37. The molecule has 6 heteroatoms. The Hall–Kier alpha value is -2.55. The van der Waals surface area contributed by atoms with E-state index in [-0.39, 0.29) is 5.95 Å². The van der Waals surface area contributed by atoms with E-state index >= 15 is 0 Å². The molecule has 0 aliphatic heterocycles. The molecule has 0 bridgehead atoms. The monoisotopic (exact) mass is 277 g/mol. The standard InChI is InChI=1S/C14H10F3N3/c1-3-10-6-9(2)7-11(8-10)19-13-18-5-4-12(20-13)14(15,16)17/h1,4-8H,2H3,(H,18,19,20). The molecular weight excluding hydrogens is 267 g/mol. The smallest absolute Gasteiger partial charge is 0.324 e. The van der Waals surface area contributed by atoms with Crippen LogP contribution >= 0.6 is 0 Å². The summed E-state index contributed by atoms with van der Waals surface area (Å²) in [6.45, 7) is 1.83. The molecule has 0 amide bonds. The third kappa shape index (κ3) is 3.26. The molecule has 0 aliphatic carbocycles. The van der Waals surface area contributed by atoms with E-state index in [9.17, 15) is 13.2 Å². The van der Waals surface area contributed by atoms with Crippen LogP contribution in [-0.2, 0) is 6.18 Å². The Bertz CT molecular complexity index is 672. The van der Waals surface area contributed by atoms with Gasteiger partial charge in [0.15, 0.2) is 0 Å². The first-order chi connectivity index (χ1) is 9.38. The van der Waals surface area contributed by atoms with Crippen LogP contribution < -0.4 is 5.32 Å². The molecule has 1 N–H and O–H groups in total. The lowest BCUT2D eigenvalue weighted by Gasteiger charge is -2.09. The van der Waals surface area contributed by atoms with Gasteiger partial charge in [0.1, 0.15) is 5.69 Å². The van der Waals surface area contributed by atoms with Gasteiger partial charge in [-0.05, 0) is 36.8 Å². The van der Waals surface area contributed by atoms with Gasteiger partial charge < -0.3 is 5.32 Å². The van der Waals surface area contributed by atoms with Gasteiger partial charge in [-0.15, -0.1) is 6.42 Å². The number of nitrogens with one attached hydrogen (secondary N) is 1. The molecule has 102 valence electrons. The Morgan fingerprint density at radius 2 is 2.00 bits per heavy atom. The summed E-state index contributed by atoms with van der Waals surface area (Å²) in [6, 6.07) is 5.98. The first-order valence-corrected chi connectivity index (χ1v) is 5.64. The minimum Gasteiger partial charge on any atom is -0.324 e. The van der Waals surface area contributed by atoms with Crippen LogP contribution in [-0.4, -0.2) is 9.97 Å². The van der Waals surface area contributed by atoms with Crippen molar-refractivity contribution in [2.24, 2.45) is 0 Å². The molecule has 20 heavy (non-hydrogen) atoms. The number of benzene rings is 1. The Morgan fingerprint density at radius 1 is 1.25 bits per heavy atom. The van der Waals surface area contributed by atoms with Gasteiger partial charge >= 0.3 is 6.18 Å². The van der Waals surface area contributed by atoms with Crippen molar-refractivity contribution in [3.8, 4) is 12.3 Å². The normalized spacial score (nSPS) is 10.9. The third-order valence-corrected chi connectivity index (χ3v) is 2.45. The molecule has 0 spiro atoms. The highest BCUT2D eigenvalue weighted by molar-refractivity contribution is 5.58. The number of anilines is 2. The second-order valence-corrected chi connectivity index (χ2v) is 4.12. The molecule has 2 aromatic rings. The average molecular weight is 277 g/mol. The Labute approximate surface area is 113 Å². The number of hydrogen-bond donors (Lipinski definition) is 1. The number of terminal acetylenes is 1. The summed E-state index contributed by atoms with van der Waals surface area (Å²) in [5, 5.41) is 2.71. The second-order valence-electron chi connectivity index (χ2n) is 4.12. The summed E-state index contributed by atoms with van der Waals surface area (Å²) < 4.78 is 37.6. The fourth-order valence-electron chi connectivity index (χ4n) is 1.64. The van der Waals surface area contributed by atoms with Crippen LogP contribution in [0.5, 0.6) is 0 Å². The van der Waals surface area contributed by atoms with Crippen LogP contribution in [0.2, 0.25) is 0 Å². The van der Waals surface area contributed by atoms with Gasteiger partial charge in [-0.1, -0.05) is 5.92 Å². The summed E-state index contributed by atoms with van der Waals surface area (Å²) >= 11 is 0. The quantitative estimate of drug-likeness (QED) is 0.853. The van der Waals surface area contributed by atoms with Crippen molar-refractivity contribution >= 4 is 11.6 Å². The number of aryl methyl sites for hydroxylation is 1. The molecule has 0 aliphatic rings. The van der Waals surface area contributed by atoms with E-state index in [2.05, 4.69) is 21.2 Å². The summed E-state index contributed by atoms with van der Waals surface area (Å²) in [6.07, 6.45) is 1.85. The highest BCUT2D eigenvalue weighted by Gasteiger charge is 2.32. The molecule has 3 nitrogen and oxygen atoms in total. The van der Waals surface area contributed by atoms with E-state index in [1.807, 2.05) is 6.92 Å². The molecule has 0 saturated carbocycles. The van der Waals surface area contributed by atoms with E-state index < -0.39 is 11.9 Å². The minimum absolute atomic E-state index is 0.131. The van der Waals surface area contributed by atoms with Crippen molar-refractivity contribution < 1.29 is 13.2 Å². The lowest BCUT2D eigenvalue weighted by atomic mass is 10.1. The number of halogens is 3. The van der Waals surface area contributed by atoms with Gasteiger partial charge in [-0.3, -0.25) is 0 Å². The van der Waals surface area contributed by atoms with Gasteiger partial charge in [0.05, 0.1) is 0 Å². The number of aromatic nitrogens is 2. The van der Waals surface area contributed by atoms with Crippen LogP contribution in [0.1, 0.15) is 16.8 Å². The SMILES string of the molecule is C#Cc1cc(C)cc(Nc2nccc(C(F)(F)F)n2)c1. The van der Waals surface area contributed by atoms with Crippen LogP contribution in [0.4, 0.5) is 24.8 Å². The number of alkyl halides is 3. The molecule has 0 radical (unpaired) electrons. The van der Waals surface area contributed by atoms with E-state index in [0.717, 1.165) is 17.8 Å². The van der Waals surface area contributed by atoms with Gasteiger partial charge in [0, 0.05) is 17.4 Å². The van der Waals surface area contributed by atoms with E-state index in [4.69, 9.17) is 6.42 Å². The molecule has 1 heterocycles. The zero-order chi connectivity index (χ0) is 14.8. The van der Waals surface area contributed by atoms with Crippen LogP contribution in [0.25, 0.3) is 0 Å². The second kappa shape index (κ2) is 5.21. The largest absolute Gasteiger partial charge is 0.433 e. The van der Waals surface area contributed by atoms with Crippen LogP contribution in [0.3, 0.4) is 0 Å². The summed E-state index contributed by atoms with van der Waals surface area (Å²) in [4.78, 5) is 7.19. The van der Waals surface area contributed by atoms with Gasteiger partial charge in [-0.25, -0.2) is 9.97 Å². The lowest BCUT2D eigenvalue weighted by molar-refractivity contribution is -0.141. The van der Waals surface area contributed by atoms with Gasteiger partial charge in [0.2, 0.25) is 5.95 Å². The maximum Gasteiger partial charge on any atom is 0.433 e. The van der Waals surface area contributed by atoms with Crippen molar-refractivity contribution in [2.45, 2.75) is 13.1 Å². The van der Waals surface area contributed by atoms with E-state index in [1.165, 1.54) is 0 Å². The lowest BCUT2D eigenvalue weighted by Crippen LogP contribution is -2.10. The van der Waals surface area contributed by atoms with Crippen LogP contribution in [0.15, 0.2) is 30.5 Å². The van der Waals surface area contributed by atoms with E-state index in [1.54, 1.807) is 18.2 Å². The van der Waals surface area contributed by atoms with Gasteiger partial charge in [-0.2, -0.15) is 13.2 Å². The van der Waals surface area contributed by atoms with Crippen molar-refractivity contribution in [2.75, 3.05) is 5.32 Å². The Morgan fingerprint density at radius 3 is 2.65 bits per heavy atom. The molecule has 0 unspecified atom stereocenters. The number of hydrogen-bond acceptors (Lipinski definition) is 3. The van der Waals surface area contributed by atoms with Gasteiger partial charge in [0.25, 0.3) is 0 Å². The van der Waals surface area contributed by atoms with Crippen molar-refractivity contribution in [1.82, 2.24) is 9.97 Å². The fourth-order valence-corrected chi connectivity index (χ4v) is 1.64. The number of nitrogens with zero attached hydrogens (tertiary/aromatic N) is 2. The van der Waals surface area contributed by atoms with Crippen molar-refractivity contribution in [1.29, 1.82) is 0 Å². The molecule has 0 atom stereocenters. The Kier molecular flexibility index (Phi) is 3.61. The predicted octanol–water partition coefficient (Wildman–Crippen LogP) is 3.53. The van der Waals surface area contributed by atoms with Crippen LogP contribution in [0, 0.1) is 19.3 Å². The first-order valence-electron chi connectivity index (χ1n) is 5.64.